The lowest BCUT2D eigenvalue weighted by molar-refractivity contribution is -0.116. The highest BCUT2D eigenvalue weighted by molar-refractivity contribution is 7.98. The third-order valence-electron chi connectivity index (χ3n) is 5.21. The van der Waals surface area contributed by atoms with E-state index in [0.29, 0.717) is 38.6 Å². The number of amides is 1. The van der Waals surface area contributed by atoms with Crippen LogP contribution in [0.3, 0.4) is 0 Å². The quantitative estimate of drug-likeness (QED) is 0.445. The second-order valence-corrected chi connectivity index (χ2v) is 8.48. The number of rotatable bonds is 5. The van der Waals surface area contributed by atoms with Crippen molar-refractivity contribution in [1.29, 1.82) is 0 Å². The maximum atomic E-state index is 13.1. The zero-order valence-electron chi connectivity index (χ0n) is 16.9. The molecule has 0 bridgehead atoms. The third-order valence-corrected chi connectivity index (χ3v) is 6.66. The Morgan fingerprint density at radius 2 is 2.06 bits per heavy atom. The van der Waals surface area contributed by atoms with Crippen LogP contribution in [0.5, 0.6) is 11.5 Å². The maximum absolute atomic E-state index is 13.1. The molecule has 3 aromatic rings. The summed E-state index contributed by atoms with van der Waals surface area (Å²) < 4.78 is 7.10. The Morgan fingerprint density at radius 3 is 2.81 bits per heavy atom. The Morgan fingerprint density at radius 1 is 1.29 bits per heavy atom. The third kappa shape index (κ3) is 4.13. The molecule has 1 aliphatic rings. The van der Waals surface area contributed by atoms with Crippen LogP contribution in [0.2, 0.25) is 5.02 Å². The van der Waals surface area contributed by atoms with Gasteiger partial charge in [-0.25, -0.2) is 0 Å². The molecule has 0 saturated carbocycles. The monoisotopic (exact) mass is 457 g/mol. The molecule has 2 N–H and O–H groups in total. The summed E-state index contributed by atoms with van der Waals surface area (Å²) in [5.74, 6) is 0.646. The smallest absolute Gasteiger partial charge is 0.279 e. The van der Waals surface area contributed by atoms with Gasteiger partial charge in [-0.1, -0.05) is 47.6 Å². The van der Waals surface area contributed by atoms with Gasteiger partial charge in [0.05, 0.1) is 12.7 Å². The highest BCUT2D eigenvalue weighted by atomic mass is 35.5. The number of nitrogens with one attached hydrogen (secondary N) is 1. The van der Waals surface area contributed by atoms with Crippen LogP contribution in [0, 0.1) is 0 Å². The van der Waals surface area contributed by atoms with E-state index >= 15 is 0 Å². The van der Waals surface area contributed by atoms with Gasteiger partial charge in [0.2, 0.25) is 5.91 Å². The highest BCUT2D eigenvalue weighted by Crippen LogP contribution is 2.40. The average molecular weight is 458 g/mol. The predicted octanol–water partition coefficient (Wildman–Crippen LogP) is 3.91. The standard InChI is InChI=1S/C22H20ClN3O4S/c1-26-20-19(21(29)25-22(26)31-11-12-5-3-4-6-16(12)23)15(10-18(28)24-20)14-8-7-13(27)9-17(14)30-2/h3-9,15,27H,10-11H2,1-2H3,(H,24,28)/t15-/m1/s1. The van der Waals surface area contributed by atoms with Crippen LogP contribution in [-0.2, 0) is 17.6 Å². The van der Waals surface area contributed by atoms with Crippen LogP contribution in [0.1, 0.15) is 29.0 Å². The van der Waals surface area contributed by atoms with E-state index in [1.54, 1.807) is 17.7 Å². The van der Waals surface area contributed by atoms with Gasteiger partial charge in [-0.3, -0.25) is 9.59 Å². The van der Waals surface area contributed by atoms with Gasteiger partial charge in [0.1, 0.15) is 17.3 Å². The number of phenolic OH excluding ortho intramolecular Hbond substituents is 1. The lowest BCUT2D eigenvalue weighted by atomic mass is 9.86. The number of fused-ring (bicyclic) bond motifs is 1. The number of anilines is 1. The Kier molecular flexibility index (Phi) is 5.93. The lowest BCUT2D eigenvalue weighted by Gasteiger charge is -2.28. The maximum Gasteiger partial charge on any atom is 0.279 e. The van der Waals surface area contributed by atoms with Crippen molar-refractivity contribution < 1.29 is 14.6 Å². The summed E-state index contributed by atoms with van der Waals surface area (Å²) >= 11 is 7.60. The normalized spacial score (nSPS) is 15.3. The predicted molar refractivity (Wildman–Crippen MR) is 120 cm³/mol. The number of hydrogen-bond acceptors (Lipinski definition) is 6. The molecule has 0 spiro atoms. The molecule has 0 radical (unpaired) electrons. The molecule has 31 heavy (non-hydrogen) atoms. The molecule has 0 aliphatic carbocycles. The molecule has 1 aliphatic heterocycles. The molecule has 2 aromatic carbocycles. The molecule has 1 atom stereocenters. The van der Waals surface area contributed by atoms with Gasteiger partial charge in [0.15, 0.2) is 5.16 Å². The number of ether oxygens (including phenoxy) is 1. The second-order valence-electron chi connectivity index (χ2n) is 7.13. The fourth-order valence-corrected chi connectivity index (χ4v) is 4.93. The van der Waals surface area contributed by atoms with Gasteiger partial charge in [-0.15, -0.1) is 0 Å². The first-order valence-corrected chi connectivity index (χ1v) is 10.9. The number of phenols is 1. The molecular formula is C22H20ClN3O4S. The zero-order chi connectivity index (χ0) is 22.1. The minimum absolute atomic E-state index is 0.0402. The van der Waals surface area contributed by atoms with Crippen molar-refractivity contribution in [3.05, 3.63) is 74.5 Å². The van der Waals surface area contributed by atoms with E-state index < -0.39 is 11.5 Å². The Hall–Kier alpha value is -2.97. The highest BCUT2D eigenvalue weighted by Gasteiger charge is 2.33. The van der Waals surface area contributed by atoms with E-state index in [1.807, 2.05) is 24.3 Å². The number of aromatic hydroxyl groups is 1. The summed E-state index contributed by atoms with van der Waals surface area (Å²) in [6.07, 6.45) is 0.0805. The van der Waals surface area contributed by atoms with Gasteiger partial charge in [-0.05, 0) is 17.7 Å². The van der Waals surface area contributed by atoms with Crippen LogP contribution in [-0.4, -0.2) is 27.7 Å². The van der Waals surface area contributed by atoms with Gasteiger partial charge in [-0.2, -0.15) is 4.98 Å². The molecule has 1 amide bonds. The number of benzene rings is 2. The van der Waals surface area contributed by atoms with Gasteiger partial charge < -0.3 is 19.7 Å². The molecule has 9 heteroatoms. The first-order chi connectivity index (χ1) is 14.9. The average Bonchev–Trinajstić information content (AvgIpc) is 2.75. The van der Waals surface area contributed by atoms with Crippen molar-refractivity contribution in [1.82, 2.24) is 9.55 Å². The van der Waals surface area contributed by atoms with Gasteiger partial charge in [0.25, 0.3) is 5.56 Å². The summed E-state index contributed by atoms with van der Waals surface area (Å²) in [5.41, 5.74) is 1.56. The van der Waals surface area contributed by atoms with E-state index in [-0.39, 0.29) is 18.1 Å². The van der Waals surface area contributed by atoms with Crippen molar-refractivity contribution in [2.75, 3.05) is 12.4 Å². The molecule has 0 saturated heterocycles. The number of methoxy groups -OCH3 is 1. The summed E-state index contributed by atoms with van der Waals surface area (Å²) in [6.45, 7) is 0. The first-order valence-electron chi connectivity index (χ1n) is 9.53. The van der Waals surface area contributed by atoms with E-state index in [0.717, 1.165) is 5.56 Å². The fraction of sp³-hybridized carbons (Fsp3) is 0.227. The topological polar surface area (TPSA) is 93.4 Å². The summed E-state index contributed by atoms with van der Waals surface area (Å²) in [7, 11) is 3.24. The van der Waals surface area contributed by atoms with E-state index in [4.69, 9.17) is 16.3 Å². The van der Waals surface area contributed by atoms with Crippen molar-refractivity contribution in [3.8, 4) is 11.5 Å². The van der Waals surface area contributed by atoms with Crippen molar-refractivity contribution >= 4 is 35.1 Å². The Bertz CT molecular complexity index is 1230. The summed E-state index contributed by atoms with van der Waals surface area (Å²) in [5, 5.41) is 13.7. The molecule has 7 nitrogen and oxygen atoms in total. The number of halogens is 1. The first kappa shape index (κ1) is 21.3. The fourth-order valence-electron chi connectivity index (χ4n) is 3.68. The van der Waals surface area contributed by atoms with Crippen LogP contribution < -0.4 is 15.6 Å². The molecule has 4 rings (SSSR count). The van der Waals surface area contributed by atoms with Crippen molar-refractivity contribution in [2.45, 2.75) is 23.2 Å². The largest absolute Gasteiger partial charge is 0.508 e. The van der Waals surface area contributed by atoms with E-state index in [9.17, 15) is 14.7 Å². The zero-order valence-corrected chi connectivity index (χ0v) is 18.5. The Labute approximate surface area is 188 Å². The van der Waals surface area contributed by atoms with Crippen LogP contribution >= 0.6 is 23.4 Å². The van der Waals surface area contributed by atoms with E-state index in [2.05, 4.69) is 10.3 Å². The van der Waals surface area contributed by atoms with Gasteiger partial charge >= 0.3 is 0 Å². The number of thioether (sulfide) groups is 1. The second kappa shape index (κ2) is 8.64. The van der Waals surface area contributed by atoms with Crippen LogP contribution in [0.15, 0.2) is 52.4 Å². The summed E-state index contributed by atoms with van der Waals surface area (Å²) in [4.78, 5) is 29.9. The molecule has 0 unspecified atom stereocenters. The minimum atomic E-state index is -0.534. The minimum Gasteiger partial charge on any atom is -0.508 e. The SMILES string of the molecule is COc1cc(O)ccc1[C@H]1CC(=O)Nc2c1c(=O)nc(SCc1ccccc1Cl)n2C. The molecule has 2 heterocycles. The van der Waals surface area contributed by atoms with Crippen molar-refractivity contribution in [2.24, 2.45) is 7.05 Å². The van der Waals surface area contributed by atoms with Crippen LogP contribution in [0.25, 0.3) is 0 Å². The number of aromatic nitrogens is 2. The summed E-state index contributed by atoms with van der Waals surface area (Å²) in [6, 6.07) is 12.1. The molecular weight excluding hydrogens is 438 g/mol. The number of carbonyl (C=O) groups is 1. The van der Waals surface area contributed by atoms with E-state index in [1.165, 1.54) is 31.0 Å². The number of carbonyl (C=O) groups excluding carboxylic acids is 1. The van der Waals surface area contributed by atoms with Crippen LogP contribution in [0.4, 0.5) is 5.82 Å². The molecule has 1 aromatic heterocycles. The molecule has 160 valence electrons. The molecule has 0 fully saturated rings. The number of nitrogens with zero attached hydrogens (tertiary/aromatic N) is 2. The Balaban J connectivity index is 1.76. The number of hydrogen-bond donors (Lipinski definition) is 2. The lowest BCUT2D eigenvalue weighted by Crippen LogP contribution is -2.33. The van der Waals surface area contributed by atoms with Crippen molar-refractivity contribution in [3.63, 3.8) is 0 Å². The van der Waals surface area contributed by atoms with Gasteiger partial charge in [0, 0.05) is 41.8 Å².